The highest BCUT2D eigenvalue weighted by molar-refractivity contribution is 6.29. The maximum atomic E-state index is 13.5. The molecule has 0 bridgehead atoms. The first-order valence-electron chi connectivity index (χ1n) is 11.1. The maximum absolute atomic E-state index is 13.5. The summed E-state index contributed by atoms with van der Waals surface area (Å²) in [5, 5.41) is 10.4. The summed E-state index contributed by atoms with van der Waals surface area (Å²) in [7, 11) is 1.67. The Kier molecular flexibility index (Phi) is 6.63. The fraction of sp³-hybridized carbons (Fsp3) is 0.417. The van der Waals surface area contributed by atoms with Crippen LogP contribution >= 0.6 is 11.6 Å². The summed E-state index contributed by atoms with van der Waals surface area (Å²) in [5.74, 6) is 0.198. The van der Waals surface area contributed by atoms with E-state index in [1.807, 2.05) is 0 Å². The van der Waals surface area contributed by atoms with Crippen LogP contribution in [0.4, 0.5) is 10.2 Å². The van der Waals surface area contributed by atoms with E-state index in [0.29, 0.717) is 35.1 Å². The van der Waals surface area contributed by atoms with Gasteiger partial charge in [0.2, 0.25) is 0 Å². The van der Waals surface area contributed by atoms with Crippen molar-refractivity contribution < 1.29 is 4.39 Å². The third-order valence-corrected chi connectivity index (χ3v) is 6.71. The average Bonchev–Trinajstić information content (AvgIpc) is 2.82. The molecule has 2 unspecified atom stereocenters. The number of pyridine rings is 1. The second kappa shape index (κ2) is 9.46. The van der Waals surface area contributed by atoms with Crippen LogP contribution in [0.2, 0.25) is 5.15 Å². The molecule has 0 spiro atoms. The Balaban J connectivity index is 1.76. The summed E-state index contributed by atoms with van der Waals surface area (Å²) in [6.45, 7) is 5.33. The second-order valence-electron chi connectivity index (χ2n) is 8.34. The first-order chi connectivity index (χ1) is 15.9. The van der Waals surface area contributed by atoms with Gasteiger partial charge in [-0.15, -0.1) is 0 Å². The number of hydrogen-bond acceptors (Lipinski definition) is 6. The van der Waals surface area contributed by atoms with Gasteiger partial charge in [0, 0.05) is 32.2 Å². The average molecular weight is 469 g/mol. The van der Waals surface area contributed by atoms with E-state index in [4.69, 9.17) is 11.6 Å². The van der Waals surface area contributed by atoms with Gasteiger partial charge in [-0.25, -0.2) is 14.2 Å². The number of nitrogens with zero attached hydrogens (tertiary/aromatic N) is 6. The van der Waals surface area contributed by atoms with Crippen LogP contribution in [0.3, 0.4) is 0 Å². The lowest BCUT2D eigenvalue weighted by Gasteiger charge is -2.48. The van der Waals surface area contributed by atoms with Gasteiger partial charge in [0.15, 0.2) is 5.82 Å². The molecule has 1 aliphatic heterocycles. The minimum atomic E-state index is -0.493. The Hall–Kier alpha value is -3.02. The molecule has 33 heavy (non-hydrogen) atoms. The van der Waals surface area contributed by atoms with E-state index in [1.165, 1.54) is 16.7 Å². The molecule has 3 atom stereocenters. The lowest BCUT2D eigenvalue weighted by Crippen LogP contribution is -2.59. The number of fused-ring (bicyclic) bond motifs is 1. The van der Waals surface area contributed by atoms with Crippen LogP contribution in [0, 0.1) is 17.1 Å². The first kappa shape index (κ1) is 23.1. The molecule has 2 aromatic heterocycles. The number of aromatic nitrogens is 3. The topological polar surface area (TPSA) is 78.0 Å². The molecule has 4 rings (SSSR count). The van der Waals surface area contributed by atoms with Crippen molar-refractivity contribution in [2.45, 2.75) is 44.8 Å². The van der Waals surface area contributed by atoms with Crippen LogP contribution in [0.5, 0.6) is 0 Å². The molecule has 0 radical (unpaired) electrons. The van der Waals surface area contributed by atoms with Gasteiger partial charge < -0.3 is 4.90 Å². The van der Waals surface area contributed by atoms with Crippen molar-refractivity contribution in [3.8, 4) is 6.07 Å². The first-order valence-corrected chi connectivity index (χ1v) is 11.5. The van der Waals surface area contributed by atoms with Crippen molar-refractivity contribution in [2.75, 3.05) is 18.0 Å². The Morgan fingerprint density at radius 1 is 1.12 bits per heavy atom. The zero-order chi connectivity index (χ0) is 23.7. The molecule has 3 heterocycles. The molecule has 172 valence electrons. The molecule has 3 aromatic rings. The third-order valence-electron chi connectivity index (χ3n) is 6.49. The van der Waals surface area contributed by atoms with Gasteiger partial charge in [-0.1, -0.05) is 37.6 Å². The number of anilines is 1. The molecular weight excluding hydrogens is 443 g/mol. The summed E-state index contributed by atoms with van der Waals surface area (Å²) >= 11 is 6.19. The third kappa shape index (κ3) is 4.31. The molecule has 1 saturated heterocycles. The second-order valence-corrected chi connectivity index (χ2v) is 8.72. The van der Waals surface area contributed by atoms with Crippen LogP contribution in [-0.2, 0) is 7.05 Å². The molecule has 7 nitrogen and oxygen atoms in total. The number of rotatable bonds is 5. The molecule has 0 saturated carbocycles. The predicted molar refractivity (Wildman–Crippen MR) is 127 cm³/mol. The van der Waals surface area contributed by atoms with Crippen LogP contribution in [-0.4, -0.2) is 44.6 Å². The van der Waals surface area contributed by atoms with E-state index in [1.54, 1.807) is 31.3 Å². The molecular formula is C24H26ClFN6O. The SMILES string of the molecule is CCC1CN(C(C#N)c2ccc(F)cc2)[C@@H](CC)CN1c1nc(=O)n(C)c2ccc(Cl)nc12. The van der Waals surface area contributed by atoms with Gasteiger partial charge in [0.25, 0.3) is 0 Å². The van der Waals surface area contributed by atoms with Gasteiger partial charge >= 0.3 is 5.69 Å². The van der Waals surface area contributed by atoms with Crippen molar-refractivity contribution in [3.63, 3.8) is 0 Å². The molecule has 0 aliphatic carbocycles. The van der Waals surface area contributed by atoms with Crippen molar-refractivity contribution >= 4 is 28.5 Å². The minimum Gasteiger partial charge on any atom is -0.349 e. The van der Waals surface area contributed by atoms with Crippen LogP contribution in [0.25, 0.3) is 11.0 Å². The van der Waals surface area contributed by atoms with Crippen LogP contribution < -0.4 is 10.6 Å². The van der Waals surface area contributed by atoms with E-state index >= 15 is 0 Å². The zero-order valence-electron chi connectivity index (χ0n) is 18.9. The van der Waals surface area contributed by atoms with Gasteiger partial charge in [-0.05, 0) is 42.7 Å². The van der Waals surface area contributed by atoms with Gasteiger partial charge in [-0.3, -0.25) is 9.47 Å². The smallest absolute Gasteiger partial charge is 0.349 e. The van der Waals surface area contributed by atoms with Gasteiger partial charge in [0.1, 0.15) is 22.5 Å². The zero-order valence-corrected chi connectivity index (χ0v) is 19.6. The predicted octanol–water partition coefficient (Wildman–Crippen LogP) is 4.07. The Labute approximate surface area is 197 Å². The van der Waals surface area contributed by atoms with E-state index < -0.39 is 6.04 Å². The Morgan fingerprint density at radius 3 is 2.45 bits per heavy atom. The van der Waals surface area contributed by atoms with Crippen molar-refractivity contribution in [2.24, 2.45) is 7.05 Å². The van der Waals surface area contributed by atoms with Gasteiger partial charge in [-0.2, -0.15) is 10.2 Å². The number of hydrogen-bond donors (Lipinski definition) is 0. The van der Waals surface area contributed by atoms with Crippen molar-refractivity contribution in [1.29, 1.82) is 5.26 Å². The number of halogens is 2. The lowest BCUT2D eigenvalue weighted by atomic mass is 9.97. The van der Waals surface area contributed by atoms with E-state index in [9.17, 15) is 14.4 Å². The highest BCUT2D eigenvalue weighted by Gasteiger charge is 2.38. The summed E-state index contributed by atoms with van der Waals surface area (Å²) in [6, 6.07) is 11.5. The number of nitriles is 1. The molecule has 1 aliphatic rings. The van der Waals surface area contributed by atoms with Gasteiger partial charge in [0.05, 0.1) is 11.6 Å². The molecule has 9 heteroatoms. The molecule has 0 amide bonds. The monoisotopic (exact) mass is 468 g/mol. The Morgan fingerprint density at radius 2 is 1.82 bits per heavy atom. The molecule has 1 aromatic carbocycles. The normalized spacial score (nSPS) is 20.1. The highest BCUT2D eigenvalue weighted by Crippen LogP contribution is 2.33. The fourth-order valence-corrected chi connectivity index (χ4v) is 4.78. The summed E-state index contributed by atoms with van der Waals surface area (Å²) in [6.07, 6.45) is 1.58. The molecule has 1 fully saturated rings. The fourth-order valence-electron chi connectivity index (χ4n) is 4.63. The minimum absolute atomic E-state index is 0.00712. The molecule has 0 N–H and O–H groups in total. The van der Waals surface area contributed by atoms with Crippen LogP contribution in [0.15, 0.2) is 41.2 Å². The summed E-state index contributed by atoms with van der Waals surface area (Å²) in [5.41, 5.74) is 1.67. The summed E-state index contributed by atoms with van der Waals surface area (Å²) in [4.78, 5) is 25.8. The van der Waals surface area contributed by atoms with Crippen molar-refractivity contribution in [3.05, 3.63) is 63.4 Å². The van der Waals surface area contributed by atoms with Crippen LogP contribution in [0.1, 0.15) is 38.3 Å². The van der Waals surface area contributed by atoms with E-state index in [2.05, 4.69) is 39.7 Å². The maximum Gasteiger partial charge on any atom is 0.349 e. The highest BCUT2D eigenvalue weighted by atomic mass is 35.5. The van der Waals surface area contributed by atoms with E-state index in [0.717, 1.165) is 18.4 Å². The summed E-state index contributed by atoms with van der Waals surface area (Å²) < 4.78 is 14.9. The number of aryl methyl sites for hydroxylation is 1. The largest absolute Gasteiger partial charge is 0.349 e. The number of piperazine rings is 1. The van der Waals surface area contributed by atoms with E-state index in [-0.39, 0.29) is 23.6 Å². The van der Waals surface area contributed by atoms with Crippen molar-refractivity contribution in [1.82, 2.24) is 19.4 Å². The lowest BCUT2D eigenvalue weighted by molar-refractivity contribution is 0.117. The Bertz CT molecular complexity index is 1250. The number of benzene rings is 1. The quantitative estimate of drug-likeness (QED) is 0.525. The standard InChI is InChI=1S/C24H26ClFN6O/c1-4-17-14-32(23-22-19(10-11-21(25)28-22)30(3)24(33)29-23)18(5-2)13-31(17)20(12-27)15-6-8-16(26)9-7-15/h6-11,17-18,20H,4-5,13-14H2,1-3H3/t17-,18?,20?/m0/s1.